The van der Waals surface area contributed by atoms with Crippen molar-refractivity contribution in [3.63, 3.8) is 0 Å². The van der Waals surface area contributed by atoms with Gasteiger partial charge in [0.15, 0.2) is 11.5 Å². The summed E-state index contributed by atoms with van der Waals surface area (Å²) in [5.41, 5.74) is -5.37. The van der Waals surface area contributed by atoms with E-state index in [1.807, 2.05) is 7.05 Å². The van der Waals surface area contributed by atoms with Crippen LogP contribution in [-0.2, 0) is 16.7 Å². The van der Waals surface area contributed by atoms with Gasteiger partial charge in [-0.25, -0.2) is 4.79 Å². The Morgan fingerprint density at radius 3 is 2.36 bits per heavy atom. The lowest BCUT2D eigenvalue weighted by Gasteiger charge is -2.32. The molecule has 4 rings (SSSR count). The Balaban J connectivity index is 1.96. The van der Waals surface area contributed by atoms with Gasteiger partial charge in [0, 0.05) is 50.1 Å². The van der Waals surface area contributed by atoms with Gasteiger partial charge in [-0.15, -0.1) is 0 Å². The van der Waals surface area contributed by atoms with Crippen LogP contribution in [0.4, 0.5) is 13.2 Å². The molecule has 3 heterocycles. The highest BCUT2D eigenvalue weighted by molar-refractivity contribution is 7.88. The van der Waals surface area contributed by atoms with Gasteiger partial charge in [-0.05, 0) is 19.2 Å². The number of piperazine rings is 1. The molecule has 1 aliphatic heterocycles. The van der Waals surface area contributed by atoms with E-state index < -0.39 is 32.9 Å². The molecule has 1 fully saturated rings. The number of hydrogen-bond acceptors (Lipinski definition) is 8. The molecule has 0 bridgehead atoms. The molecular formula is C21H23F3N2O6S. The second-order valence-electron chi connectivity index (χ2n) is 8.42. The van der Waals surface area contributed by atoms with E-state index in [-0.39, 0.29) is 22.3 Å². The lowest BCUT2D eigenvalue weighted by molar-refractivity contribution is -0.0500. The van der Waals surface area contributed by atoms with E-state index in [0.717, 1.165) is 26.2 Å². The van der Waals surface area contributed by atoms with Crippen LogP contribution in [0.25, 0.3) is 21.9 Å². The Labute approximate surface area is 187 Å². The molecule has 1 aliphatic rings. The molecule has 3 aromatic rings. The first kappa shape index (κ1) is 23.6. The quantitative estimate of drug-likeness (QED) is 0.305. The van der Waals surface area contributed by atoms with Crippen LogP contribution in [0.15, 0.2) is 31.8 Å². The number of benzene rings is 1. The van der Waals surface area contributed by atoms with Crippen molar-refractivity contribution in [3.8, 4) is 5.75 Å². The Morgan fingerprint density at radius 1 is 1.09 bits per heavy atom. The number of hydrogen-bond donors (Lipinski definition) is 0. The summed E-state index contributed by atoms with van der Waals surface area (Å²) in [7, 11) is -3.93. The number of halogens is 3. The van der Waals surface area contributed by atoms with E-state index in [1.165, 1.54) is 18.2 Å². The number of furan rings is 1. The summed E-state index contributed by atoms with van der Waals surface area (Å²) in [5.74, 6) is -1.04. The SMILES string of the molecule is CC(C)c1oc2c(CN3CCN(C)CC3)c3oc(=O)ccc3cc2c1OS(=O)(=O)C(F)(F)F. The smallest absolute Gasteiger partial charge is 0.456 e. The van der Waals surface area contributed by atoms with Crippen molar-refractivity contribution < 1.29 is 34.6 Å². The maximum Gasteiger partial charge on any atom is 0.534 e. The number of likely N-dealkylation sites (N-methyl/N-ethyl adjacent to an activating group) is 1. The van der Waals surface area contributed by atoms with E-state index in [2.05, 4.69) is 14.0 Å². The molecule has 0 aliphatic carbocycles. The highest BCUT2D eigenvalue weighted by Crippen LogP contribution is 2.43. The third-order valence-corrected chi connectivity index (χ3v) is 6.57. The Kier molecular flexibility index (Phi) is 5.95. The van der Waals surface area contributed by atoms with Gasteiger partial charge in [-0.2, -0.15) is 21.6 Å². The first-order chi connectivity index (χ1) is 15.4. The number of nitrogens with zero attached hydrogens (tertiary/aromatic N) is 2. The molecule has 2 aromatic heterocycles. The zero-order valence-corrected chi connectivity index (χ0v) is 19.0. The minimum Gasteiger partial charge on any atom is -0.456 e. The maximum absolute atomic E-state index is 13.1. The first-order valence-electron chi connectivity index (χ1n) is 10.3. The molecule has 0 amide bonds. The van der Waals surface area contributed by atoms with Crippen LogP contribution in [0.1, 0.15) is 31.1 Å². The van der Waals surface area contributed by atoms with Crippen LogP contribution in [0.2, 0.25) is 0 Å². The van der Waals surface area contributed by atoms with E-state index in [1.54, 1.807) is 13.8 Å². The first-order valence-corrected chi connectivity index (χ1v) is 11.7. The minimum atomic E-state index is -5.92. The van der Waals surface area contributed by atoms with Gasteiger partial charge in [0.25, 0.3) is 0 Å². The van der Waals surface area contributed by atoms with E-state index in [4.69, 9.17) is 8.83 Å². The van der Waals surface area contributed by atoms with Crippen LogP contribution in [-0.4, -0.2) is 57.0 Å². The molecule has 180 valence electrons. The fourth-order valence-corrected chi connectivity index (χ4v) is 4.32. The third-order valence-electron chi connectivity index (χ3n) is 5.62. The molecule has 1 aromatic carbocycles. The van der Waals surface area contributed by atoms with Gasteiger partial charge in [0.05, 0.1) is 10.9 Å². The summed E-state index contributed by atoms with van der Waals surface area (Å²) in [6, 6.07) is 4.07. The summed E-state index contributed by atoms with van der Waals surface area (Å²) >= 11 is 0. The van der Waals surface area contributed by atoms with Crippen LogP contribution in [0, 0.1) is 0 Å². The summed E-state index contributed by atoms with van der Waals surface area (Å²) in [6.45, 7) is 6.64. The zero-order valence-electron chi connectivity index (χ0n) is 18.2. The predicted octanol–water partition coefficient (Wildman–Crippen LogP) is 3.64. The fraction of sp³-hybridized carbons (Fsp3) is 0.476. The van der Waals surface area contributed by atoms with E-state index in [0.29, 0.717) is 17.5 Å². The lowest BCUT2D eigenvalue weighted by Crippen LogP contribution is -2.43. The molecule has 33 heavy (non-hydrogen) atoms. The molecule has 1 saturated heterocycles. The number of rotatable bonds is 5. The van der Waals surface area contributed by atoms with Crippen LogP contribution in [0.3, 0.4) is 0 Å². The normalized spacial score (nSPS) is 16.8. The average molecular weight is 488 g/mol. The molecule has 0 radical (unpaired) electrons. The number of alkyl halides is 3. The highest BCUT2D eigenvalue weighted by Gasteiger charge is 2.49. The van der Waals surface area contributed by atoms with Gasteiger partial charge in [0.1, 0.15) is 11.2 Å². The summed E-state index contributed by atoms with van der Waals surface area (Å²) in [6.07, 6.45) is 0. The standard InChI is InChI=1S/C21H23F3N2O6S/c1-12(2)17-20(32-33(28,29)21(22,23)24)14-10-13-4-5-16(27)30-18(13)15(19(14)31-17)11-26-8-6-25(3)7-9-26/h4-5,10,12H,6-9,11H2,1-3H3. The van der Waals surface area contributed by atoms with Crippen LogP contribution < -0.4 is 9.81 Å². The minimum absolute atomic E-state index is 0.0462. The third kappa shape index (κ3) is 4.46. The lowest BCUT2D eigenvalue weighted by atomic mass is 10.0. The van der Waals surface area contributed by atoms with Crippen molar-refractivity contribution in [1.29, 1.82) is 0 Å². The second-order valence-corrected chi connectivity index (χ2v) is 9.96. The van der Waals surface area contributed by atoms with Crippen LogP contribution in [0.5, 0.6) is 5.75 Å². The van der Waals surface area contributed by atoms with Crippen molar-refractivity contribution in [2.75, 3.05) is 33.2 Å². The van der Waals surface area contributed by atoms with Crippen LogP contribution >= 0.6 is 0 Å². The van der Waals surface area contributed by atoms with Crippen molar-refractivity contribution in [2.24, 2.45) is 0 Å². The van der Waals surface area contributed by atoms with Crippen molar-refractivity contribution >= 4 is 32.1 Å². The number of fused-ring (bicyclic) bond motifs is 2. The topological polar surface area (TPSA) is 93.2 Å². The fourth-order valence-electron chi connectivity index (χ4n) is 3.83. The van der Waals surface area contributed by atoms with Gasteiger partial charge >= 0.3 is 21.3 Å². The highest BCUT2D eigenvalue weighted by atomic mass is 32.2. The van der Waals surface area contributed by atoms with Gasteiger partial charge < -0.3 is 17.9 Å². The van der Waals surface area contributed by atoms with Gasteiger partial charge in [0.2, 0.25) is 0 Å². The van der Waals surface area contributed by atoms with Crippen molar-refractivity contribution in [2.45, 2.75) is 31.8 Å². The molecule has 8 nitrogen and oxygen atoms in total. The molecule has 0 saturated carbocycles. The van der Waals surface area contributed by atoms with E-state index >= 15 is 0 Å². The average Bonchev–Trinajstić information content (AvgIpc) is 3.07. The molecule has 0 spiro atoms. The van der Waals surface area contributed by atoms with Crippen molar-refractivity contribution in [3.05, 3.63) is 39.9 Å². The molecule has 0 atom stereocenters. The molecule has 0 unspecified atom stereocenters. The Hall–Kier alpha value is -2.57. The monoisotopic (exact) mass is 488 g/mol. The molecular weight excluding hydrogens is 465 g/mol. The largest absolute Gasteiger partial charge is 0.534 e. The summed E-state index contributed by atoms with van der Waals surface area (Å²) < 4.78 is 78.8. The molecule has 0 N–H and O–H groups in total. The molecule has 12 heteroatoms. The summed E-state index contributed by atoms with van der Waals surface area (Å²) in [4.78, 5) is 16.2. The maximum atomic E-state index is 13.1. The van der Waals surface area contributed by atoms with Crippen molar-refractivity contribution in [1.82, 2.24) is 9.80 Å². The Bertz CT molecular complexity index is 1350. The van der Waals surface area contributed by atoms with E-state index in [9.17, 15) is 26.4 Å². The summed E-state index contributed by atoms with van der Waals surface area (Å²) in [5, 5.41) is 0.480. The predicted molar refractivity (Wildman–Crippen MR) is 115 cm³/mol. The van der Waals surface area contributed by atoms with Gasteiger partial charge in [-0.1, -0.05) is 13.8 Å². The Morgan fingerprint density at radius 2 is 1.76 bits per heavy atom. The van der Waals surface area contributed by atoms with Gasteiger partial charge in [-0.3, -0.25) is 4.90 Å². The second kappa shape index (κ2) is 8.33. The zero-order chi connectivity index (χ0) is 24.1.